The van der Waals surface area contributed by atoms with E-state index in [9.17, 15) is 4.79 Å². The van der Waals surface area contributed by atoms with Gasteiger partial charge < -0.3 is 10.1 Å². The highest BCUT2D eigenvalue weighted by atomic mass is 79.9. The Morgan fingerprint density at radius 2 is 2.14 bits per heavy atom. The first-order valence-corrected chi connectivity index (χ1v) is 7.44. The molecule has 2 rings (SSSR count). The molecule has 0 saturated carbocycles. The zero-order valence-electron chi connectivity index (χ0n) is 11.6. The fourth-order valence-corrected chi connectivity index (χ4v) is 2.75. The van der Waals surface area contributed by atoms with E-state index in [0.29, 0.717) is 16.6 Å². The summed E-state index contributed by atoms with van der Waals surface area (Å²) in [6.07, 6.45) is 1.47. The average molecular weight is 370 g/mol. The summed E-state index contributed by atoms with van der Waals surface area (Å²) in [7, 11) is 0. The summed E-state index contributed by atoms with van der Waals surface area (Å²) in [5.74, 6) is 0.823. The first-order valence-electron chi connectivity index (χ1n) is 6.26. The lowest BCUT2D eigenvalue weighted by Crippen LogP contribution is -2.21. The van der Waals surface area contributed by atoms with Gasteiger partial charge >= 0.3 is 0 Å². The summed E-state index contributed by atoms with van der Waals surface area (Å²) >= 11 is 9.17. The summed E-state index contributed by atoms with van der Waals surface area (Å²) in [5.41, 5.74) is 2.10. The van der Waals surface area contributed by atoms with E-state index in [0.717, 1.165) is 15.6 Å². The van der Waals surface area contributed by atoms with Gasteiger partial charge in [-0.05, 0) is 59.1 Å². The molecule has 1 N–H and O–H groups in total. The van der Waals surface area contributed by atoms with Crippen LogP contribution in [0.3, 0.4) is 0 Å². The summed E-state index contributed by atoms with van der Waals surface area (Å²) in [4.78, 5) is 15.8. The Morgan fingerprint density at radius 1 is 1.38 bits per heavy atom. The van der Waals surface area contributed by atoms with E-state index in [1.807, 2.05) is 26.0 Å². The van der Waals surface area contributed by atoms with Crippen LogP contribution in [0.5, 0.6) is 5.75 Å². The Bertz CT molecular complexity index is 636. The molecule has 1 amide bonds. The number of amides is 1. The molecule has 0 fully saturated rings. The molecule has 1 heterocycles. The lowest BCUT2D eigenvalue weighted by molar-refractivity contribution is -0.118. The lowest BCUT2D eigenvalue weighted by Gasteiger charge is -2.12. The number of halogens is 2. The molecular weight excluding hydrogens is 356 g/mol. The molecule has 0 bridgehead atoms. The van der Waals surface area contributed by atoms with E-state index in [1.165, 1.54) is 6.20 Å². The summed E-state index contributed by atoms with van der Waals surface area (Å²) in [6.45, 7) is 3.85. The van der Waals surface area contributed by atoms with Crippen LogP contribution in [0.1, 0.15) is 11.1 Å². The molecule has 2 aromatic rings. The van der Waals surface area contributed by atoms with E-state index in [1.54, 1.807) is 12.1 Å². The van der Waals surface area contributed by atoms with Crippen molar-refractivity contribution in [1.82, 2.24) is 4.98 Å². The van der Waals surface area contributed by atoms with Crippen molar-refractivity contribution in [2.75, 3.05) is 11.9 Å². The van der Waals surface area contributed by atoms with Crippen LogP contribution >= 0.6 is 27.5 Å². The fraction of sp³-hybridized carbons (Fsp3) is 0.200. The molecule has 0 aliphatic carbocycles. The molecule has 1 aromatic carbocycles. The first-order chi connectivity index (χ1) is 9.95. The van der Waals surface area contributed by atoms with Gasteiger partial charge in [0.05, 0.1) is 9.50 Å². The predicted molar refractivity (Wildman–Crippen MR) is 87.0 cm³/mol. The Hall–Kier alpha value is -1.59. The van der Waals surface area contributed by atoms with E-state index in [4.69, 9.17) is 16.3 Å². The standard InChI is InChI=1S/C15H14BrClN2O2/c1-9-5-10(2)15(12(16)6-9)21-8-14(20)19-13-4-3-11(17)7-18-13/h3-7H,8H2,1-2H3,(H,18,19,20). The highest BCUT2D eigenvalue weighted by molar-refractivity contribution is 9.10. The Kier molecular flexibility index (Phi) is 5.20. The van der Waals surface area contributed by atoms with Crippen molar-refractivity contribution >= 4 is 39.3 Å². The molecule has 110 valence electrons. The van der Waals surface area contributed by atoms with Gasteiger partial charge in [-0.1, -0.05) is 17.7 Å². The van der Waals surface area contributed by atoms with Gasteiger partial charge in [0.15, 0.2) is 6.61 Å². The van der Waals surface area contributed by atoms with Gasteiger partial charge in [-0.15, -0.1) is 0 Å². The number of hydrogen-bond donors (Lipinski definition) is 1. The number of aryl methyl sites for hydroxylation is 2. The minimum atomic E-state index is -0.281. The van der Waals surface area contributed by atoms with Gasteiger partial charge in [-0.2, -0.15) is 0 Å². The lowest BCUT2D eigenvalue weighted by atomic mass is 10.1. The van der Waals surface area contributed by atoms with Gasteiger partial charge in [-0.3, -0.25) is 4.79 Å². The van der Waals surface area contributed by atoms with Crippen molar-refractivity contribution in [1.29, 1.82) is 0 Å². The molecule has 1 aromatic heterocycles. The molecule has 0 atom stereocenters. The molecule has 0 aliphatic heterocycles. The van der Waals surface area contributed by atoms with Crippen molar-refractivity contribution < 1.29 is 9.53 Å². The van der Waals surface area contributed by atoms with E-state index < -0.39 is 0 Å². The molecule has 0 spiro atoms. The highest BCUT2D eigenvalue weighted by Gasteiger charge is 2.10. The number of hydrogen-bond acceptors (Lipinski definition) is 3. The Labute approximate surface area is 136 Å². The summed E-state index contributed by atoms with van der Waals surface area (Å²) < 4.78 is 6.40. The van der Waals surface area contributed by atoms with Gasteiger partial charge in [0.1, 0.15) is 11.6 Å². The monoisotopic (exact) mass is 368 g/mol. The number of pyridine rings is 1. The fourth-order valence-electron chi connectivity index (χ4n) is 1.85. The molecular formula is C15H14BrClN2O2. The van der Waals surface area contributed by atoms with Gasteiger partial charge in [0.2, 0.25) is 0 Å². The third kappa shape index (κ3) is 4.44. The van der Waals surface area contributed by atoms with Crippen LogP contribution < -0.4 is 10.1 Å². The number of nitrogens with one attached hydrogen (secondary N) is 1. The number of carbonyl (C=O) groups is 1. The van der Waals surface area contributed by atoms with E-state index >= 15 is 0 Å². The van der Waals surface area contributed by atoms with Crippen LogP contribution in [0, 0.1) is 13.8 Å². The number of benzene rings is 1. The average Bonchev–Trinajstić information content (AvgIpc) is 2.40. The smallest absolute Gasteiger partial charge is 0.263 e. The van der Waals surface area contributed by atoms with Crippen LogP contribution in [-0.2, 0) is 4.79 Å². The third-order valence-corrected chi connectivity index (χ3v) is 3.53. The minimum absolute atomic E-state index is 0.0905. The second-order valence-corrected chi connectivity index (χ2v) is 5.88. The van der Waals surface area contributed by atoms with Crippen molar-refractivity contribution in [3.05, 3.63) is 51.1 Å². The number of rotatable bonds is 4. The van der Waals surface area contributed by atoms with Crippen molar-refractivity contribution in [3.63, 3.8) is 0 Å². The normalized spacial score (nSPS) is 10.3. The van der Waals surface area contributed by atoms with Crippen LogP contribution in [-0.4, -0.2) is 17.5 Å². The second-order valence-electron chi connectivity index (χ2n) is 4.59. The third-order valence-electron chi connectivity index (χ3n) is 2.72. The van der Waals surface area contributed by atoms with Crippen molar-refractivity contribution in [2.45, 2.75) is 13.8 Å². The maximum atomic E-state index is 11.8. The maximum Gasteiger partial charge on any atom is 0.263 e. The molecule has 4 nitrogen and oxygen atoms in total. The van der Waals surface area contributed by atoms with Gasteiger partial charge in [0.25, 0.3) is 5.91 Å². The Balaban J connectivity index is 1.97. The second kappa shape index (κ2) is 6.91. The molecule has 21 heavy (non-hydrogen) atoms. The van der Waals surface area contributed by atoms with Gasteiger partial charge in [0, 0.05) is 6.20 Å². The first kappa shape index (κ1) is 15.8. The zero-order valence-corrected chi connectivity index (χ0v) is 14.0. The molecule has 6 heteroatoms. The van der Waals surface area contributed by atoms with Crippen LogP contribution in [0.15, 0.2) is 34.9 Å². The van der Waals surface area contributed by atoms with Crippen LogP contribution in [0.2, 0.25) is 5.02 Å². The topological polar surface area (TPSA) is 51.2 Å². The van der Waals surface area contributed by atoms with Crippen molar-refractivity contribution in [3.8, 4) is 5.75 Å². The number of aromatic nitrogens is 1. The molecule has 0 unspecified atom stereocenters. The number of nitrogens with zero attached hydrogens (tertiary/aromatic N) is 1. The Morgan fingerprint density at radius 3 is 2.76 bits per heavy atom. The SMILES string of the molecule is Cc1cc(C)c(OCC(=O)Nc2ccc(Cl)cn2)c(Br)c1. The van der Waals surface area contributed by atoms with E-state index in [-0.39, 0.29) is 12.5 Å². The highest BCUT2D eigenvalue weighted by Crippen LogP contribution is 2.30. The number of anilines is 1. The van der Waals surface area contributed by atoms with Gasteiger partial charge in [-0.25, -0.2) is 4.98 Å². The molecule has 0 aliphatic rings. The largest absolute Gasteiger partial charge is 0.482 e. The molecule has 0 radical (unpaired) electrons. The summed E-state index contributed by atoms with van der Waals surface area (Å²) in [5, 5.41) is 3.16. The van der Waals surface area contributed by atoms with Crippen LogP contribution in [0.4, 0.5) is 5.82 Å². The van der Waals surface area contributed by atoms with E-state index in [2.05, 4.69) is 26.2 Å². The number of ether oxygens (including phenoxy) is 1. The van der Waals surface area contributed by atoms with Crippen LogP contribution in [0.25, 0.3) is 0 Å². The minimum Gasteiger partial charge on any atom is -0.482 e. The predicted octanol–water partition coefficient (Wildman–Crippen LogP) is 4.13. The summed E-state index contributed by atoms with van der Waals surface area (Å²) in [6, 6.07) is 7.23. The van der Waals surface area contributed by atoms with Crippen molar-refractivity contribution in [2.24, 2.45) is 0 Å². The molecule has 0 saturated heterocycles. The maximum absolute atomic E-state index is 11.8. The zero-order chi connectivity index (χ0) is 15.4. The number of carbonyl (C=O) groups excluding carboxylic acids is 1. The quantitative estimate of drug-likeness (QED) is 0.881.